The second kappa shape index (κ2) is 4.65. The fraction of sp³-hybridized carbons (Fsp3) is 0.500. The predicted molar refractivity (Wildman–Crippen MR) is 64.2 cm³/mol. The fourth-order valence-electron chi connectivity index (χ4n) is 1.73. The maximum absolute atomic E-state index is 11.6. The molecular formula is C10H13NO3S2. The van der Waals surface area contributed by atoms with Crippen LogP contribution in [0, 0.1) is 6.92 Å². The van der Waals surface area contributed by atoms with Gasteiger partial charge in [0.15, 0.2) is 0 Å². The van der Waals surface area contributed by atoms with Crippen molar-refractivity contribution in [2.45, 2.75) is 19.0 Å². The number of hydrogen-bond donors (Lipinski definition) is 2. The lowest BCUT2D eigenvalue weighted by Crippen LogP contribution is -2.49. The molecule has 1 aromatic rings. The standard InChI is InChI=1S/C10H13NO3S2/c1-6-2-3-9(15-6)7-4-16(14)5-8(11-7)10(12)13/h2-3,7-8,11H,4-5H2,1H3,(H,12,13)/t7-,8-,16+/m0/s1. The van der Waals surface area contributed by atoms with E-state index >= 15 is 0 Å². The zero-order valence-corrected chi connectivity index (χ0v) is 10.4. The summed E-state index contributed by atoms with van der Waals surface area (Å²) in [6, 6.07) is 3.19. The monoisotopic (exact) mass is 259 g/mol. The van der Waals surface area contributed by atoms with Crippen LogP contribution >= 0.6 is 11.3 Å². The number of carboxylic acids is 1. The molecular weight excluding hydrogens is 246 g/mol. The van der Waals surface area contributed by atoms with Gasteiger partial charge in [-0.2, -0.15) is 0 Å². The Bertz CT molecular complexity index is 429. The van der Waals surface area contributed by atoms with Crippen LogP contribution in [0.4, 0.5) is 0 Å². The first-order valence-corrected chi connectivity index (χ1v) is 7.27. The predicted octanol–water partition coefficient (Wildman–Crippen LogP) is 0.903. The summed E-state index contributed by atoms with van der Waals surface area (Å²) in [4.78, 5) is 13.1. The zero-order valence-electron chi connectivity index (χ0n) is 8.80. The zero-order chi connectivity index (χ0) is 11.7. The van der Waals surface area contributed by atoms with Crippen LogP contribution in [0.1, 0.15) is 15.8 Å². The molecule has 0 bridgehead atoms. The van der Waals surface area contributed by atoms with Crippen molar-refractivity contribution in [2.24, 2.45) is 0 Å². The van der Waals surface area contributed by atoms with Gasteiger partial charge in [0.05, 0.1) is 6.04 Å². The minimum absolute atomic E-state index is 0.0885. The SMILES string of the molecule is Cc1ccc([C@@H]2C[S@@](=O)C[C@@H](C(=O)O)N2)s1. The smallest absolute Gasteiger partial charge is 0.321 e. The summed E-state index contributed by atoms with van der Waals surface area (Å²) < 4.78 is 11.6. The van der Waals surface area contributed by atoms with Gasteiger partial charge in [-0.3, -0.25) is 14.3 Å². The molecule has 0 aliphatic carbocycles. The van der Waals surface area contributed by atoms with Crippen molar-refractivity contribution in [1.29, 1.82) is 0 Å². The van der Waals surface area contributed by atoms with Crippen LogP contribution in [-0.4, -0.2) is 32.8 Å². The number of aliphatic carboxylic acids is 1. The molecule has 3 atom stereocenters. The van der Waals surface area contributed by atoms with Gasteiger partial charge in [0, 0.05) is 32.1 Å². The Morgan fingerprint density at radius 1 is 1.56 bits per heavy atom. The highest BCUT2D eigenvalue weighted by Gasteiger charge is 2.31. The van der Waals surface area contributed by atoms with Gasteiger partial charge in [0.1, 0.15) is 6.04 Å². The molecule has 0 unspecified atom stereocenters. The van der Waals surface area contributed by atoms with Crippen molar-refractivity contribution in [2.75, 3.05) is 11.5 Å². The molecule has 1 aliphatic heterocycles. The van der Waals surface area contributed by atoms with Gasteiger partial charge < -0.3 is 5.11 Å². The highest BCUT2D eigenvalue weighted by molar-refractivity contribution is 7.85. The van der Waals surface area contributed by atoms with Crippen molar-refractivity contribution in [3.8, 4) is 0 Å². The van der Waals surface area contributed by atoms with Crippen molar-refractivity contribution in [1.82, 2.24) is 5.32 Å². The third-order valence-corrected chi connectivity index (χ3v) is 5.03. The van der Waals surface area contributed by atoms with Gasteiger partial charge >= 0.3 is 5.97 Å². The number of nitrogens with one attached hydrogen (secondary N) is 1. The average molecular weight is 259 g/mol. The highest BCUT2D eigenvalue weighted by atomic mass is 32.2. The number of aryl methyl sites for hydroxylation is 1. The molecule has 4 nitrogen and oxygen atoms in total. The normalized spacial score (nSPS) is 30.2. The van der Waals surface area contributed by atoms with Crippen LogP contribution in [0.2, 0.25) is 0 Å². The van der Waals surface area contributed by atoms with Gasteiger partial charge in [-0.25, -0.2) is 0 Å². The molecule has 0 radical (unpaired) electrons. The molecule has 0 aromatic carbocycles. The molecule has 6 heteroatoms. The Morgan fingerprint density at radius 3 is 2.88 bits per heavy atom. The molecule has 1 saturated heterocycles. The van der Waals surface area contributed by atoms with Crippen LogP contribution in [0.3, 0.4) is 0 Å². The molecule has 2 rings (SSSR count). The number of carboxylic acid groups (broad SMARTS) is 1. The van der Waals surface area contributed by atoms with Gasteiger partial charge in [-0.05, 0) is 19.1 Å². The second-order valence-electron chi connectivity index (χ2n) is 3.83. The third kappa shape index (κ3) is 2.50. The van der Waals surface area contributed by atoms with E-state index in [4.69, 9.17) is 5.11 Å². The van der Waals surface area contributed by atoms with E-state index in [1.807, 2.05) is 19.1 Å². The van der Waals surface area contributed by atoms with E-state index in [0.29, 0.717) is 5.75 Å². The van der Waals surface area contributed by atoms with E-state index in [1.54, 1.807) is 11.3 Å². The summed E-state index contributed by atoms with van der Waals surface area (Å²) in [6.45, 7) is 2.00. The average Bonchev–Trinajstić information content (AvgIpc) is 2.64. The van der Waals surface area contributed by atoms with Crippen molar-refractivity contribution < 1.29 is 14.1 Å². The third-order valence-electron chi connectivity index (χ3n) is 2.51. The molecule has 1 aromatic heterocycles. The van der Waals surface area contributed by atoms with Crippen LogP contribution in [0.25, 0.3) is 0 Å². The first kappa shape index (κ1) is 11.8. The Balaban J connectivity index is 2.16. The molecule has 0 saturated carbocycles. The molecule has 0 amide bonds. The van der Waals surface area contributed by atoms with Crippen LogP contribution in [-0.2, 0) is 15.6 Å². The summed E-state index contributed by atoms with van der Waals surface area (Å²) in [5.74, 6) is -0.216. The van der Waals surface area contributed by atoms with Crippen molar-refractivity contribution in [3.63, 3.8) is 0 Å². The maximum Gasteiger partial charge on any atom is 0.321 e. The first-order chi connectivity index (χ1) is 7.56. The Kier molecular flexibility index (Phi) is 3.41. The first-order valence-electron chi connectivity index (χ1n) is 4.96. The highest BCUT2D eigenvalue weighted by Crippen LogP contribution is 2.26. The van der Waals surface area contributed by atoms with Gasteiger partial charge in [0.2, 0.25) is 0 Å². The van der Waals surface area contributed by atoms with Crippen LogP contribution in [0.5, 0.6) is 0 Å². The Hall–Kier alpha value is -0.720. The van der Waals surface area contributed by atoms with E-state index in [-0.39, 0.29) is 11.8 Å². The summed E-state index contributed by atoms with van der Waals surface area (Å²) in [7, 11) is -1.05. The van der Waals surface area contributed by atoms with Crippen LogP contribution < -0.4 is 5.32 Å². The topological polar surface area (TPSA) is 66.4 Å². The Morgan fingerprint density at radius 2 is 2.31 bits per heavy atom. The molecule has 1 aliphatic rings. The van der Waals surface area contributed by atoms with E-state index in [2.05, 4.69) is 5.32 Å². The van der Waals surface area contributed by atoms with Gasteiger partial charge in [0.25, 0.3) is 0 Å². The molecule has 2 heterocycles. The number of hydrogen-bond acceptors (Lipinski definition) is 4. The lowest BCUT2D eigenvalue weighted by Gasteiger charge is -2.27. The molecule has 1 fully saturated rings. The van der Waals surface area contributed by atoms with E-state index in [1.165, 1.54) is 4.88 Å². The second-order valence-corrected chi connectivity index (χ2v) is 6.70. The van der Waals surface area contributed by atoms with Gasteiger partial charge in [-0.1, -0.05) is 0 Å². The quantitative estimate of drug-likeness (QED) is 0.828. The minimum atomic E-state index is -1.05. The summed E-state index contributed by atoms with van der Waals surface area (Å²) in [5.41, 5.74) is 0. The van der Waals surface area contributed by atoms with E-state index in [9.17, 15) is 9.00 Å². The molecule has 16 heavy (non-hydrogen) atoms. The van der Waals surface area contributed by atoms with Gasteiger partial charge in [-0.15, -0.1) is 11.3 Å². The summed E-state index contributed by atoms with van der Waals surface area (Å²) in [5, 5.41) is 12.0. The van der Waals surface area contributed by atoms with E-state index in [0.717, 1.165) is 4.88 Å². The molecule has 2 N–H and O–H groups in total. The summed E-state index contributed by atoms with van der Waals surface area (Å²) in [6.07, 6.45) is 0. The number of rotatable bonds is 2. The Labute approximate surface area is 100 Å². The largest absolute Gasteiger partial charge is 0.480 e. The molecule has 88 valence electrons. The maximum atomic E-state index is 11.6. The minimum Gasteiger partial charge on any atom is -0.480 e. The fourth-order valence-corrected chi connectivity index (χ4v) is 4.16. The van der Waals surface area contributed by atoms with Crippen LogP contribution in [0.15, 0.2) is 12.1 Å². The molecule has 0 spiro atoms. The lowest BCUT2D eigenvalue weighted by molar-refractivity contribution is -0.139. The van der Waals surface area contributed by atoms with Crippen molar-refractivity contribution in [3.05, 3.63) is 21.9 Å². The number of carbonyl (C=O) groups is 1. The lowest BCUT2D eigenvalue weighted by atomic mass is 10.2. The number of thiophene rings is 1. The van der Waals surface area contributed by atoms with E-state index < -0.39 is 22.8 Å². The summed E-state index contributed by atoms with van der Waals surface area (Å²) >= 11 is 1.62. The van der Waals surface area contributed by atoms with Crippen molar-refractivity contribution >= 4 is 28.1 Å².